The van der Waals surface area contributed by atoms with E-state index >= 15 is 0 Å². The first kappa shape index (κ1) is 14.0. The lowest BCUT2D eigenvalue weighted by Crippen LogP contribution is -2.31. The van der Waals surface area contributed by atoms with Gasteiger partial charge in [0.2, 0.25) is 0 Å². The number of nitrogens with one attached hydrogen (secondary N) is 1. The number of carbonyl (C=O) groups excluding carboxylic acids is 1. The van der Waals surface area contributed by atoms with Crippen LogP contribution < -0.4 is 10.1 Å². The molecule has 0 saturated heterocycles. The molecule has 0 radical (unpaired) electrons. The molecule has 1 N–H and O–H groups in total. The van der Waals surface area contributed by atoms with Gasteiger partial charge in [-0.1, -0.05) is 30.7 Å². The van der Waals surface area contributed by atoms with E-state index in [-0.39, 0.29) is 5.91 Å². The molecule has 1 aliphatic rings. The maximum Gasteiger partial charge on any atom is 0.265 e. The summed E-state index contributed by atoms with van der Waals surface area (Å²) in [6.45, 7) is 2.08. The van der Waals surface area contributed by atoms with Gasteiger partial charge in [0.1, 0.15) is 5.75 Å². The Hall–Kier alpha value is -2.00. The molecule has 0 aromatic heterocycles. The van der Waals surface area contributed by atoms with Crippen LogP contribution in [-0.4, -0.2) is 12.0 Å². The Kier molecular flexibility index (Phi) is 3.84. The molecule has 0 saturated carbocycles. The summed E-state index contributed by atoms with van der Waals surface area (Å²) in [6.07, 6.45) is 0.992. The third-order valence-electron chi connectivity index (χ3n) is 3.59. The van der Waals surface area contributed by atoms with Crippen molar-refractivity contribution in [2.45, 2.75) is 25.9 Å². The Labute approximate surface area is 128 Å². The molecule has 1 unspecified atom stereocenters. The molecule has 1 aliphatic heterocycles. The number of ether oxygens (including phenoxy) is 1. The largest absolute Gasteiger partial charge is 0.480 e. The van der Waals surface area contributed by atoms with Gasteiger partial charge in [0, 0.05) is 17.1 Å². The number of aryl methyl sites for hydroxylation is 1. The van der Waals surface area contributed by atoms with E-state index in [2.05, 4.69) is 12.2 Å². The highest BCUT2D eigenvalue weighted by molar-refractivity contribution is 6.30. The number of amides is 1. The molecule has 2 aromatic rings. The molecule has 0 spiro atoms. The van der Waals surface area contributed by atoms with E-state index in [9.17, 15) is 4.79 Å². The second-order valence-corrected chi connectivity index (χ2v) is 5.54. The van der Waals surface area contributed by atoms with Crippen LogP contribution in [0.15, 0.2) is 42.5 Å². The van der Waals surface area contributed by atoms with Crippen LogP contribution in [-0.2, 0) is 17.6 Å². The molecule has 1 atom stereocenters. The number of fused-ring (bicyclic) bond motifs is 1. The van der Waals surface area contributed by atoms with Crippen molar-refractivity contribution >= 4 is 23.2 Å². The average Bonchev–Trinajstić information content (AvgIpc) is 2.90. The molecule has 0 fully saturated rings. The van der Waals surface area contributed by atoms with Crippen molar-refractivity contribution in [3.63, 3.8) is 0 Å². The predicted octanol–water partition coefficient (Wildman–Crippen LogP) is 3.84. The van der Waals surface area contributed by atoms with Gasteiger partial charge in [-0.3, -0.25) is 4.79 Å². The van der Waals surface area contributed by atoms with E-state index in [1.165, 1.54) is 5.56 Å². The summed E-state index contributed by atoms with van der Waals surface area (Å²) >= 11 is 5.96. The Morgan fingerprint density at radius 3 is 3.00 bits per heavy atom. The van der Waals surface area contributed by atoms with Gasteiger partial charge < -0.3 is 10.1 Å². The number of hydrogen-bond acceptors (Lipinski definition) is 2. The molecule has 3 nitrogen and oxygen atoms in total. The van der Waals surface area contributed by atoms with Crippen molar-refractivity contribution in [3.8, 4) is 5.75 Å². The highest BCUT2D eigenvalue weighted by atomic mass is 35.5. The molecule has 1 amide bonds. The fourth-order valence-electron chi connectivity index (χ4n) is 2.46. The molecule has 4 heteroatoms. The van der Waals surface area contributed by atoms with Gasteiger partial charge in [-0.2, -0.15) is 0 Å². The highest BCUT2D eigenvalue weighted by Gasteiger charge is 2.29. The van der Waals surface area contributed by atoms with E-state index < -0.39 is 6.10 Å². The minimum absolute atomic E-state index is 0.129. The van der Waals surface area contributed by atoms with Crippen LogP contribution in [0, 0.1) is 0 Å². The van der Waals surface area contributed by atoms with E-state index in [4.69, 9.17) is 16.3 Å². The SMILES string of the molecule is CCc1cccc(NC(=O)C2Cc3cc(Cl)ccc3O2)c1. The molecule has 0 bridgehead atoms. The maximum atomic E-state index is 12.3. The lowest BCUT2D eigenvalue weighted by molar-refractivity contribution is -0.122. The summed E-state index contributed by atoms with van der Waals surface area (Å²) in [5, 5.41) is 3.57. The number of carbonyl (C=O) groups is 1. The van der Waals surface area contributed by atoms with E-state index in [1.807, 2.05) is 36.4 Å². The van der Waals surface area contributed by atoms with E-state index in [0.29, 0.717) is 11.4 Å². The summed E-state index contributed by atoms with van der Waals surface area (Å²) in [7, 11) is 0. The minimum Gasteiger partial charge on any atom is -0.480 e. The lowest BCUT2D eigenvalue weighted by Gasteiger charge is -2.12. The van der Waals surface area contributed by atoms with Crippen LogP contribution in [0.2, 0.25) is 5.02 Å². The van der Waals surface area contributed by atoms with Crippen LogP contribution in [0.3, 0.4) is 0 Å². The second-order valence-electron chi connectivity index (χ2n) is 5.11. The fourth-order valence-corrected chi connectivity index (χ4v) is 2.65. The molecule has 1 heterocycles. The van der Waals surface area contributed by atoms with Crippen molar-refractivity contribution in [2.24, 2.45) is 0 Å². The minimum atomic E-state index is -0.497. The van der Waals surface area contributed by atoms with Gasteiger partial charge in [-0.25, -0.2) is 0 Å². The third kappa shape index (κ3) is 3.03. The van der Waals surface area contributed by atoms with Crippen molar-refractivity contribution in [1.29, 1.82) is 0 Å². The normalized spacial score (nSPS) is 16.2. The number of halogens is 1. The molecule has 0 aliphatic carbocycles. The Balaban J connectivity index is 1.70. The Morgan fingerprint density at radius 1 is 1.33 bits per heavy atom. The van der Waals surface area contributed by atoms with Gasteiger partial charge in [0.25, 0.3) is 5.91 Å². The van der Waals surface area contributed by atoms with E-state index in [1.54, 1.807) is 6.07 Å². The van der Waals surface area contributed by atoms with Gasteiger partial charge in [-0.05, 0) is 47.9 Å². The number of hydrogen-bond donors (Lipinski definition) is 1. The molecular formula is C17H16ClNO2. The first-order valence-electron chi connectivity index (χ1n) is 7.00. The van der Waals surface area contributed by atoms with Crippen LogP contribution >= 0.6 is 11.6 Å². The third-order valence-corrected chi connectivity index (χ3v) is 3.83. The first-order chi connectivity index (χ1) is 10.2. The summed E-state index contributed by atoms with van der Waals surface area (Å²) in [5.41, 5.74) is 2.97. The Bertz CT molecular complexity index is 684. The summed E-state index contributed by atoms with van der Waals surface area (Å²) in [6, 6.07) is 13.3. The smallest absolute Gasteiger partial charge is 0.265 e. The molecule has 108 valence electrons. The average molecular weight is 302 g/mol. The lowest BCUT2D eigenvalue weighted by atomic mass is 10.1. The molecule has 2 aromatic carbocycles. The van der Waals surface area contributed by atoms with Crippen LogP contribution in [0.5, 0.6) is 5.75 Å². The monoisotopic (exact) mass is 301 g/mol. The van der Waals surface area contributed by atoms with Gasteiger partial charge in [0.05, 0.1) is 0 Å². The standard InChI is InChI=1S/C17H16ClNO2/c1-2-11-4-3-5-14(8-11)19-17(20)16-10-12-9-13(18)6-7-15(12)21-16/h3-9,16H,2,10H2,1H3,(H,19,20). The van der Waals surface area contributed by atoms with Gasteiger partial charge in [0.15, 0.2) is 6.10 Å². The fraction of sp³-hybridized carbons (Fsp3) is 0.235. The molecule has 3 rings (SSSR count). The topological polar surface area (TPSA) is 38.3 Å². The van der Waals surface area contributed by atoms with Crippen LogP contribution in [0.25, 0.3) is 0 Å². The highest BCUT2D eigenvalue weighted by Crippen LogP contribution is 2.31. The number of rotatable bonds is 3. The van der Waals surface area contributed by atoms with E-state index in [0.717, 1.165) is 23.4 Å². The molecular weight excluding hydrogens is 286 g/mol. The van der Waals surface area contributed by atoms with Crippen molar-refractivity contribution in [1.82, 2.24) is 0 Å². The number of benzene rings is 2. The van der Waals surface area contributed by atoms with Crippen molar-refractivity contribution < 1.29 is 9.53 Å². The summed E-state index contributed by atoms with van der Waals surface area (Å²) < 4.78 is 5.68. The quantitative estimate of drug-likeness (QED) is 0.935. The van der Waals surface area contributed by atoms with Crippen LogP contribution in [0.1, 0.15) is 18.1 Å². The zero-order valence-electron chi connectivity index (χ0n) is 11.7. The van der Waals surface area contributed by atoms with Crippen molar-refractivity contribution in [2.75, 3.05) is 5.32 Å². The van der Waals surface area contributed by atoms with Crippen molar-refractivity contribution in [3.05, 3.63) is 58.6 Å². The zero-order valence-corrected chi connectivity index (χ0v) is 12.5. The van der Waals surface area contributed by atoms with Crippen LogP contribution in [0.4, 0.5) is 5.69 Å². The zero-order chi connectivity index (χ0) is 14.8. The molecule has 21 heavy (non-hydrogen) atoms. The van der Waals surface area contributed by atoms with Gasteiger partial charge in [-0.15, -0.1) is 0 Å². The summed E-state index contributed by atoms with van der Waals surface area (Å²) in [5.74, 6) is 0.609. The maximum absolute atomic E-state index is 12.3. The van der Waals surface area contributed by atoms with Gasteiger partial charge >= 0.3 is 0 Å². The predicted molar refractivity (Wildman–Crippen MR) is 84.0 cm³/mol. The first-order valence-corrected chi connectivity index (χ1v) is 7.38. The summed E-state index contributed by atoms with van der Waals surface area (Å²) in [4.78, 5) is 12.3. The second kappa shape index (κ2) is 5.78. The Morgan fingerprint density at radius 2 is 2.19 bits per heavy atom. The number of anilines is 1.